The average molecular weight is 348 g/mol. The number of rotatable bonds is 3. The third-order valence-electron chi connectivity index (χ3n) is 2.10. The number of nitrogens with zero attached hydrogens (tertiary/aromatic N) is 2. The minimum Gasteiger partial charge on any atom is -0.431 e. The molecule has 0 bridgehead atoms. The van der Waals surface area contributed by atoms with Crippen molar-refractivity contribution in [3.63, 3.8) is 0 Å². The van der Waals surface area contributed by atoms with E-state index in [0.717, 1.165) is 18.2 Å². The molecule has 0 N–H and O–H groups in total. The molecule has 19 heavy (non-hydrogen) atoms. The lowest BCUT2D eigenvalue weighted by Crippen LogP contribution is -1.96. The number of halogens is 3. The summed E-state index contributed by atoms with van der Waals surface area (Å²) in [5.74, 6) is -0.829. The molecule has 0 saturated carbocycles. The Kier molecular flexibility index (Phi) is 3.96. The van der Waals surface area contributed by atoms with Crippen LogP contribution in [0.5, 0.6) is 11.6 Å². The molecule has 0 aliphatic rings. The van der Waals surface area contributed by atoms with Crippen molar-refractivity contribution in [1.82, 2.24) is 4.98 Å². The summed E-state index contributed by atoms with van der Waals surface area (Å²) in [6.45, 7) is 0. The van der Waals surface area contributed by atoms with Gasteiger partial charge in [-0.15, -0.1) is 0 Å². The highest BCUT2D eigenvalue weighted by atomic mass is 79.9. The Bertz CT molecular complexity index is 654. The molecule has 0 aliphatic heterocycles. The Morgan fingerprint density at radius 2 is 2.16 bits per heavy atom. The fourth-order valence-corrected chi connectivity index (χ4v) is 2.02. The summed E-state index contributed by atoms with van der Waals surface area (Å²) < 4.78 is 18.8. The minimum atomic E-state index is -0.668. The SMILES string of the molecule is O=[N+]([O-])c1ccc(F)cc1Oc1ncc(Cl)cc1Br. The molecule has 0 radical (unpaired) electrons. The maximum Gasteiger partial charge on any atom is 0.311 e. The molecule has 1 aromatic heterocycles. The number of nitro benzene ring substituents is 1. The fraction of sp³-hybridized carbons (Fsp3) is 0. The molecule has 0 amide bonds. The lowest BCUT2D eigenvalue weighted by Gasteiger charge is -2.07. The second-order valence-corrected chi connectivity index (χ2v) is 4.70. The molecule has 0 unspecified atom stereocenters. The van der Waals surface area contributed by atoms with Gasteiger partial charge in [0, 0.05) is 18.3 Å². The summed E-state index contributed by atoms with van der Waals surface area (Å²) in [5, 5.41) is 11.2. The third-order valence-corrected chi connectivity index (χ3v) is 2.87. The van der Waals surface area contributed by atoms with Crippen molar-refractivity contribution in [3.8, 4) is 11.6 Å². The average Bonchev–Trinajstić information content (AvgIpc) is 2.32. The van der Waals surface area contributed by atoms with E-state index in [-0.39, 0.29) is 17.3 Å². The summed E-state index contributed by atoms with van der Waals surface area (Å²) in [4.78, 5) is 14.0. The first-order valence-corrected chi connectivity index (χ1v) is 6.07. The van der Waals surface area contributed by atoms with Gasteiger partial charge >= 0.3 is 5.69 Å². The monoisotopic (exact) mass is 346 g/mol. The maximum absolute atomic E-state index is 13.1. The standard InChI is InChI=1S/C11H5BrClFN2O3/c12-8-3-6(13)5-15-11(8)19-10-4-7(14)1-2-9(10)16(17)18/h1-5H. The lowest BCUT2D eigenvalue weighted by molar-refractivity contribution is -0.385. The van der Waals surface area contributed by atoms with Crippen LogP contribution in [0.3, 0.4) is 0 Å². The largest absolute Gasteiger partial charge is 0.431 e. The Morgan fingerprint density at radius 1 is 1.42 bits per heavy atom. The Balaban J connectivity index is 2.42. The topological polar surface area (TPSA) is 65.3 Å². The predicted octanol–water partition coefficient (Wildman–Crippen LogP) is 4.34. The Labute approximate surface area is 120 Å². The predicted molar refractivity (Wildman–Crippen MR) is 70.1 cm³/mol. The molecule has 8 heteroatoms. The lowest BCUT2D eigenvalue weighted by atomic mass is 10.3. The highest BCUT2D eigenvalue weighted by Crippen LogP contribution is 2.34. The molecular weight excluding hydrogens is 342 g/mol. The van der Waals surface area contributed by atoms with Gasteiger partial charge in [-0.1, -0.05) is 11.6 Å². The smallest absolute Gasteiger partial charge is 0.311 e. The van der Waals surface area contributed by atoms with Crippen LogP contribution in [0.15, 0.2) is 34.9 Å². The van der Waals surface area contributed by atoms with Gasteiger partial charge in [0.15, 0.2) is 0 Å². The molecule has 0 spiro atoms. The van der Waals surface area contributed by atoms with Gasteiger partial charge in [0.1, 0.15) is 5.82 Å². The number of hydrogen-bond donors (Lipinski definition) is 0. The van der Waals surface area contributed by atoms with Gasteiger partial charge in [-0.05, 0) is 28.1 Å². The van der Waals surface area contributed by atoms with Crippen LogP contribution in [0.1, 0.15) is 0 Å². The Hall–Kier alpha value is -1.73. The summed E-state index contributed by atoms with van der Waals surface area (Å²) in [5.41, 5.74) is -0.356. The first kappa shape index (κ1) is 13.7. The van der Waals surface area contributed by atoms with Crippen LogP contribution >= 0.6 is 27.5 Å². The van der Waals surface area contributed by atoms with Crippen molar-refractivity contribution in [1.29, 1.82) is 0 Å². The number of pyridine rings is 1. The molecule has 1 aromatic carbocycles. The van der Waals surface area contributed by atoms with Crippen LogP contribution < -0.4 is 4.74 Å². The number of benzene rings is 1. The van der Waals surface area contributed by atoms with Gasteiger partial charge in [-0.25, -0.2) is 9.37 Å². The highest BCUT2D eigenvalue weighted by molar-refractivity contribution is 9.10. The molecule has 2 aromatic rings. The van der Waals surface area contributed by atoms with E-state index >= 15 is 0 Å². The maximum atomic E-state index is 13.1. The van der Waals surface area contributed by atoms with Gasteiger partial charge in [0.25, 0.3) is 0 Å². The van der Waals surface area contributed by atoms with Crippen molar-refractivity contribution in [2.24, 2.45) is 0 Å². The van der Waals surface area contributed by atoms with Gasteiger partial charge in [0.2, 0.25) is 11.6 Å². The van der Waals surface area contributed by atoms with E-state index < -0.39 is 10.7 Å². The van der Waals surface area contributed by atoms with E-state index in [1.165, 1.54) is 12.3 Å². The van der Waals surface area contributed by atoms with Crippen LogP contribution in [0.4, 0.5) is 10.1 Å². The van der Waals surface area contributed by atoms with Gasteiger partial charge < -0.3 is 4.74 Å². The van der Waals surface area contributed by atoms with E-state index in [2.05, 4.69) is 20.9 Å². The van der Waals surface area contributed by atoms with Crippen LogP contribution in [0.2, 0.25) is 5.02 Å². The first-order valence-electron chi connectivity index (χ1n) is 4.90. The van der Waals surface area contributed by atoms with Gasteiger partial charge in [0.05, 0.1) is 14.4 Å². The second kappa shape index (κ2) is 5.50. The molecule has 2 rings (SSSR count). The summed E-state index contributed by atoms with van der Waals surface area (Å²) >= 11 is 8.86. The molecule has 98 valence electrons. The summed E-state index contributed by atoms with van der Waals surface area (Å²) in [7, 11) is 0. The number of aromatic nitrogens is 1. The fourth-order valence-electron chi connectivity index (χ4n) is 1.30. The zero-order chi connectivity index (χ0) is 14.0. The second-order valence-electron chi connectivity index (χ2n) is 3.41. The highest BCUT2D eigenvalue weighted by Gasteiger charge is 2.18. The third kappa shape index (κ3) is 3.18. The molecule has 0 atom stereocenters. The van der Waals surface area contributed by atoms with E-state index in [4.69, 9.17) is 16.3 Å². The van der Waals surface area contributed by atoms with Crippen LogP contribution in [0.25, 0.3) is 0 Å². The number of hydrogen-bond acceptors (Lipinski definition) is 4. The van der Waals surface area contributed by atoms with Crippen LogP contribution in [-0.2, 0) is 0 Å². The van der Waals surface area contributed by atoms with Gasteiger partial charge in [-0.2, -0.15) is 0 Å². The summed E-state index contributed by atoms with van der Waals surface area (Å²) in [6, 6.07) is 4.43. The van der Waals surface area contributed by atoms with E-state index in [0.29, 0.717) is 9.50 Å². The minimum absolute atomic E-state index is 0.0538. The van der Waals surface area contributed by atoms with E-state index in [1.807, 2.05) is 0 Å². The molecular formula is C11H5BrClFN2O3. The van der Waals surface area contributed by atoms with Crippen molar-refractivity contribution < 1.29 is 14.1 Å². The van der Waals surface area contributed by atoms with E-state index in [9.17, 15) is 14.5 Å². The first-order chi connectivity index (χ1) is 8.97. The number of ether oxygens (including phenoxy) is 1. The molecule has 5 nitrogen and oxygen atoms in total. The van der Waals surface area contributed by atoms with Crippen molar-refractivity contribution in [2.45, 2.75) is 0 Å². The quantitative estimate of drug-likeness (QED) is 0.612. The van der Waals surface area contributed by atoms with Crippen LogP contribution in [0, 0.1) is 15.9 Å². The number of nitro groups is 1. The van der Waals surface area contributed by atoms with Crippen molar-refractivity contribution in [2.75, 3.05) is 0 Å². The Morgan fingerprint density at radius 3 is 2.79 bits per heavy atom. The molecule has 0 saturated heterocycles. The van der Waals surface area contributed by atoms with Gasteiger partial charge in [-0.3, -0.25) is 10.1 Å². The normalized spacial score (nSPS) is 10.3. The zero-order valence-corrected chi connectivity index (χ0v) is 11.5. The zero-order valence-electron chi connectivity index (χ0n) is 9.14. The molecule has 1 heterocycles. The van der Waals surface area contributed by atoms with Crippen molar-refractivity contribution >= 4 is 33.2 Å². The van der Waals surface area contributed by atoms with Crippen LogP contribution in [-0.4, -0.2) is 9.91 Å². The molecule has 0 aliphatic carbocycles. The molecule has 0 fully saturated rings. The van der Waals surface area contributed by atoms with Crippen molar-refractivity contribution in [3.05, 3.63) is 55.9 Å². The summed E-state index contributed by atoms with van der Waals surface area (Å²) in [6.07, 6.45) is 1.31. The van der Waals surface area contributed by atoms with E-state index in [1.54, 1.807) is 0 Å².